The molecule has 0 spiro atoms. The zero-order valence-electron chi connectivity index (χ0n) is 16.9. The summed E-state index contributed by atoms with van der Waals surface area (Å²) in [6.45, 7) is -0.353. The average molecular weight is 472 g/mol. The van der Waals surface area contributed by atoms with Crippen LogP contribution in [0.5, 0.6) is 5.75 Å². The standard InChI is InChI=1S/C22H21F5N2O2S/c23-16-6-2-5-15-14-4-1-3-13(11-14)12-17-20(28-32-21(24)25)22(26,27)8-9-29(17)18(30)7-10-31-19(15)16/h1-6,11,17,20-21,28H,7-10,12H2. The predicted octanol–water partition coefficient (Wildman–Crippen LogP) is 4.88. The molecule has 2 aromatic carbocycles. The van der Waals surface area contributed by atoms with Crippen molar-refractivity contribution in [3.8, 4) is 16.9 Å². The molecule has 2 aliphatic heterocycles. The Morgan fingerprint density at radius 1 is 1.19 bits per heavy atom. The number of nitrogens with zero attached hydrogens (tertiary/aromatic N) is 1. The van der Waals surface area contributed by atoms with Crippen LogP contribution in [0.3, 0.4) is 0 Å². The fraction of sp³-hybridized carbons (Fsp3) is 0.409. The van der Waals surface area contributed by atoms with Gasteiger partial charge in [-0.25, -0.2) is 17.9 Å². The first-order chi connectivity index (χ1) is 15.3. The molecule has 1 N–H and O–H groups in total. The van der Waals surface area contributed by atoms with E-state index in [-0.39, 0.29) is 43.7 Å². The number of hydrogen-bond acceptors (Lipinski definition) is 4. The maximum atomic E-state index is 14.8. The van der Waals surface area contributed by atoms with E-state index in [0.717, 1.165) is 0 Å². The number of nitrogens with one attached hydrogen (secondary N) is 1. The first-order valence-electron chi connectivity index (χ1n) is 10.1. The zero-order chi connectivity index (χ0) is 22.9. The molecule has 172 valence electrons. The quantitative estimate of drug-likeness (QED) is 0.511. The van der Waals surface area contributed by atoms with Crippen molar-refractivity contribution in [1.82, 2.24) is 9.62 Å². The molecule has 1 fully saturated rings. The van der Waals surface area contributed by atoms with Gasteiger partial charge in [0, 0.05) is 18.5 Å². The highest BCUT2D eigenvalue weighted by Gasteiger charge is 2.51. The molecule has 2 bridgehead atoms. The largest absolute Gasteiger partial charge is 0.489 e. The van der Waals surface area contributed by atoms with Gasteiger partial charge in [-0.2, -0.15) is 8.78 Å². The monoisotopic (exact) mass is 472 g/mol. The second kappa shape index (κ2) is 9.27. The number of carbonyl (C=O) groups excluding carboxylic acids is 1. The highest BCUT2D eigenvalue weighted by atomic mass is 32.2. The van der Waals surface area contributed by atoms with Crippen LogP contribution in [0.1, 0.15) is 18.4 Å². The van der Waals surface area contributed by atoms with Gasteiger partial charge >= 0.3 is 0 Å². The van der Waals surface area contributed by atoms with Crippen LogP contribution in [0, 0.1) is 5.82 Å². The fourth-order valence-corrected chi connectivity index (χ4v) is 4.83. The Morgan fingerprint density at radius 3 is 2.75 bits per heavy atom. The van der Waals surface area contributed by atoms with Crippen molar-refractivity contribution in [2.45, 2.75) is 43.0 Å². The Labute approximate surface area is 186 Å². The lowest BCUT2D eigenvalue weighted by Gasteiger charge is -2.45. The summed E-state index contributed by atoms with van der Waals surface area (Å²) in [6.07, 6.45) is -0.768. The zero-order valence-corrected chi connectivity index (χ0v) is 17.7. The van der Waals surface area contributed by atoms with Crippen LogP contribution in [0.2, 0.25) is 0 Å². The average Bonchev–Trinajstić information content (AvgIpc) is 2.73. The Morgan fingerprint density at radius 2 is 1.97 bits per heavy atom. The van der Waals surface area contributed by atoms with Gasteiger partial charge < -0.3 is 9.64 Å². The number of carbonyl (C=O) groups is 1. The summed E-state index contributed by atoms with van der Waals surface area (Å²) in [5.41, 5.74) is 1.73. The molecule has 1 amide bonds. The SMILES string of the molecule is O=C1CCOc2c(F)cccc2-c2cccc(c2)CC2C(NSC(F)F)C(F)(F)CCN12. The van der Waals surface area contributed by atoms with Crippen LogP contribution in [0.25, 0.3) is 11.1 Å². The van der Waals surface area contributed by atoms with E-state index in [2.05, 4.69) is 4.72 Å². The molecule has 0 saturated carbocycles. The molecular formula is C22H21F5N2O2S. The molecule has 2 heterocycles. The molecule has 2 aromatic rings. The van der Waals surface area contributed by atoms with Crippen LogP contribution >= 0.6 is 11.9 Å². The van der Waals surface area contributed by atoms with Crippen molar-refractivity contribution >= 4 is 17.9 Å². The molecule has 10 heteroatoms. The van der Waals surface area contributed by atoms with E-state index in [1.807, 2.05) is 0 Å². The highest BCUT2D eigenvalue weighted by molar-refractivity contribution is 7.97. The molecular weight excluding hydrogens is 451 g/mol. The third-order valence-electron chi connectivity index (χ3n) is 5.74. The van der Waals surface area contributed by atoms with Crippen molar-refractivity contribution in [3.05, 3.63) is 53.8 Å². The van der Waals surface area contributed by atoms with Crippen molar-refractivity contribution in [3.63, 3.8) is 0 Å². The lowest BCUT2D eigenvalue weighted by Crippen LogP contribution is -2.64. The van der Waals surface area contributed by atoms with Crippen molar-refractivity contribution in [1.29, 1.82) is 0 Å². The number of benzene rings is 2. The molecule has 1 saturated heterocycles. The van der Waals surface area contributed by atoms with Gasteiger partial charge in [-0.3, -0.25) is 4.79 Å². The van der Waals surface area contributed by atoms with Gasteiger partial charge in [-0.05, 0) is 35.6 Å². The Kier molecular flexibility index (Phi) is 6.62. The van der Waals surface area contributed by atoms with Crippen LogP contribution in [-0.2, 0) is 11.2 Å². The molecule has 0 aliphatic carbocycles. The number of rotatable bonds is 3. The lowest BCUT2D eigenvalue weighted by molar-refractivity contribution is -0.148. The summed E-state index contributed by atoms with van der Waals surface area (Å²) in [4.78, 5) is 14.2. The second-order valence-electron chi connectivity index (χ2n) is 7.76. The maximum Gasteiger partial charge on any atom is 0.297 e. The second-order valence-corrected chi connectivity index (χ2v) is 8.59. The van der Waals surface area contributed by atoms with E-state index in [4.69, 9.17) is 4.74 Å². The number of hydrogen-bond donors (Lipinski definition) is 1. The Bertz CT molecular complexity index is 991. The summed E-state index contributed by atoms with van der Waals surface area (Å²) >= 11 is -0.0750. The molecule has 4 nitrogen and oxygen atoms in total. The first-order valence-corrected chi connectivity index (χ1v) is 11.0. The van der Waals surface area contributed by atoms with Gasteiger partial charge in [0.25, 0.3) is 11.7 Å². The summed E-state index contributed by atoms with van der Waals surface area (Å²) in [6, 6.07) is 8.65. The topological polar surface area (TPSA) is 41.6 Å². The van der Waals surface area contributed by atoms with Crippen molar-refractivity contribution in [2.75, 3.05) is 13.2 Å². The third kappa shape index (κ3) is 4.71. The lowest BCUT2D eigenvalue weighted by atomic mass is 9.87. The van der Waals surface area contributed by atoms with Crippen LogP contribution in [0.4, 0.5) is 22.0 Å². The number of alkyl halides is 4. The van der Waals surface area contributed by atoms with E-state index in [0.29, 0.717) is 16.7 Å². The molecule has 2 unspecified atom stereocenters. The smallest absolute Gasteiger partial charge is 0.297 e. The number of para-hydroxylation sites is 1. The van der Waals surface area contributed by atoms with E-state index < -0.39 is 41.9 Å². The normalized spacial score (nSPS) is 22.9. The minimum absolute atomic E-state index is 0.0210. The van der Waals surface area contributed by atoms with Gasteiger partial charge in [0.05, 0.1) is 19.1 Å². The molecule has 0 radical (unpaired) electrons. The van der Waals surface area contributed by atoms with Crippen LogP contribution < -0.4 is 9.46 Å². The van der Waals surface area contributed by atoms with Crippen LogP contribution in [-0.4, -0.2) is 47.7 Å². The summed E-state index contributed by atoms with van der Waals surface area (Å²) in [7, 11) is 0. The third-order valence-corrected chi connectivity index (χ3v) is 6.31. The summed E-state index contributed by atoms with van der Waals surface area (Å²) in [5, 5.41) is 0. The van der Waals surface area contributed by atoms with Gasteiger partial charge in [0.1, 0.15) is 6.04 Å². The van der Waals surface area contributed by atoms with E-state index >= 15 is 0 Å². The summed E-state index contributed by atoms with van der Waals surface area (Å²) < 4.78 is 77.3. The molecule has 2 atom stereocenters. The van der Waals surface area contributed by atoms with Crippen molar-refractivity contribution in [2.24, 2.45) is 0 Å². The fourth-order valence-electron chi connectivity index (χ4n) is 4.25. The molecule has 32 heavy (non-hydrogen) atoms. The number of halogens is 5. The van der Waals surface area contributed by atoms with Gasteiger partial charge in [0.2, 0.25) is 5.91 Å². The minimum Gasteiger partial charge on any atom is -0.489 e. The highest BCUT2D eigenvalue weighted by Crippen LogP contribution is 2.38. The van der Waals surface area contributed by atoms with Crippen molar-refractivity contribution < 1.29 is 31.5 Å². The number of piperidine rings is 1. The van der Waals surface area contributed by atoms with Gasteiger partial charge in [-0.15, -0.1) is 0 Å². The maximum absolute atomic E-state index is 14.8. The van der Waals surface area contributed by atoms with Gasteiger partial charge in [-0.1, -0.05) is 36.4 Å². The van der Waals surface area contributed by atoms with Gasteiger partial charge in [0.15, 0.2) is 11.6 Å². The van der Waals surface area contributed by atoms with E-state index in [1.165, 1.54) is 17.0 Å². The summed E-state index contributed by atoms with van der Waals surface area (Å²) in [5.74, 6) is -7.15. The minimum atomic E-state index is -3.27. The molecule has 4 rings (SSSR count). The Balaban J connectivity index is 1.76. The Hall–Kier alpha value is -2.33. The molecule has 2 aliphatic rings. The first kappa shape index (κ1) is 22.8. The molecule has 0 aromatic heterocycles. The number of ether oxygens (including phenoxy) is 1. The van der Waals surface area contributed by atoms with E-state index in [9.17, 15) is 26.7 Å². The number of fused-ring (bicyclic) bond motifs is 5. The van der Waals surface area contributed by atoms with E-state index in [1.54, 1.807) is 30.3 Å². The van der Waals surface area contributed by atoms with Crippen LogP contribution in [0.15, 0.2) is 42.5 Å². The number of amides is 1. The predicted molar refractivity (Wildman–Crippen MR) is 111 cm³/mol.